The molecule has 22 heavy (non-hydrogen) atoms. The lowest BCUT2D eigenvalue weighted by molar-refractivity contribution is 0.153. The fourth-order valence-corrected chi connectivity index (χ4v) is 3.36. The predicted molar refractivity (Wildman–Crippen MR) is 82.3 cm³/mol. The zero-order chi connectivity index (χ0) is 15.1. The predicted octanol–water partition coefficient (Wildman–Crippen LogP) is 2.90. The van der Waals surface area contributed by atoms with Crippen molar-refractivity contribution in [2.24, 2.45) is 0 Å². The molecule has 5 nitrogen and oxygen atoms in total. The average molecular weight is 301 g/mol. The number of likely N-dealkylation sites (tertiary alicyclic amines) is 1. The number of hydrogen-bond acceptors (Lipinski definition) is 5. The molecule has 0 saturated carbocycles. The van der Waals surface area contributed by atoms with Crippen LogP contribution in [0.25, 0.3) is 11.0 Å². The maximum absolute atomic E-state index is 11.9. The van der Waals surface area contributed by atoms with Crippen LogP contribution in [-0.4, -0.2) is 24.3 Å². The van der Waals surface area contributed by atoms with Crippen molar-refractivity contribution < 1.29 is 13.9 Å². The Kier molecular flexibility index (Phi) is 3.30. The summed E-state index contributed by atoms with van der Waals surface area (Å²) >= 11 is 0. The summed E-state index contributed by atoms with van der Waals surface area (Å²) in [5, 5.41) is 0.932. The molecule has 0 radical (unpaired) electrons. The van der Waals surface area contributed by atoms with E-state index in [4.69, 9.17) is 13.9 Å². The quantitative estimate of drug-likeness (QED) is 0.798. The number of nitrogens with zero attached hydrogens (tertiary/aromatic N) is 1. The summed E-state index contributed by atoms with van der Waals surface area (Å²) in [6, 6.07) is 5.82. The largest absolute Gasteiger partial charge is 0.454 e. The highest BCUT2D eigenvalue weighted by Crippen LogP contribution is 2.37. The van der Waals surface area contributed by atoms with Crippen molar-refractivity contribution in [1.29, 1.82) is 0 Å². The summed E-state index contributed by atoms with van der Waals surface area (Å²) in [6.07, 6.45) is 3.72. The van der Waals surface area contributed by atoms with Gasteiger partial charge >= 0.3 is 5.63 Å². The summed E-state index contributed by atoms with van der Waals surface area (Å²) in [5.74, 6) is 1.36. The lowest BCUT2D eigenvalue weighted by Gasteiger charge is -2.33. The van der Waals surface area contributed by atoms with Gasteiger partial charge in [-0.1, -0.05) is 6.42 Å². The Morgan fingerprint density at radius 2 is 2.00 bits per heavy atom. The summed E-state index contributed by atoms with van der Waals surface area (Å²) in [6.45, 7) is 4.31. The van der Waals surface area contributed by atoms with Crippen molar-refractivity contribution in [3.8, 4) is 11.5 Å². The van der Waals surface area contributed by atoms with E-state index in [1.165, 1.54) is 19.3 Å². The SMILES string of the molecule is C[C@H]1CCCCN1Cc1cc(=O)oc2cc3c(cc12)OCO3. The molecule has 0 amide bonds. The third kappa shape index (κ3) is 2.35. The van der Waals surface area contributed by atoms with Gasteiger partial charge in [0, 0.05) is 30.1 Å². The van der Waals surface area contributed by atoms with Crippen LogP contribution in [0.1, 0.15) is 31.7 Å². The molecular weight excluding hydrogens is 282 g/mol. The Morgan fingerprint density at radius 1 is 1.18 bits per heavy atom. The summed E-state index contributed by atoms with van der Waals surface area (Å²) in [5.41, 5.74) is 1.25. The smallest absolute Gasteiger partial charge is 0.336 e. The van der Waals surface area contributed by atoms with Gasteiger partial charge in [-0.15, -0.1) is 0 Å². The zero-order valence-electron chi connectivity index (χ0n) is 12.6. The fraction of sp³-hybridized carbons (Fsp3) is 0.471. The highest BCUT2D eigenvalue weighted by molar-refractivity contribution is 5.84. The molecule has 1 atom stereocenters. The van der Waals surface area contributed by atoms with Gasteiger partial charge in [0.25, 0.3) is 0 Å². The molecule has 1 fully saturated rings. The van der Waals surface area contributed by atoms with Crippen LogP contribution in [0.2, 0.25) is 0 Å². The molecule has 5 heteroatoms. The van der Waals surface area contributed by atoms with Gasteiger partial charge in [-0.05, 0) is 37.9 Å². The molecule has 116 valence electrons. The van der Waals surface area contributed by atoms with E-state index >= 15 is 0 Å². The third-order valence-corrected chi connectivity index (χ3v) is 4.64. The van der Waals surface area contributed by atoms with Crippen molar-refractivity contribution in [3.63, 3.8) is 0 Å². The maximum Gasteiger partial charge on any atom is 0.336 e. The molecule has 1 aromatic heterocycles. The van der Waals surface area contributed by atoms with E-state index in [2.05, 4.69) is 11.8 Å². The van der Waals surface area contributed by atoms with E-state index in [9.17, 15) is 4.79 Å². The second-order valence-electron chi connectivity index (χ2n) is 6.11. The van der Waals surface area contributed by atoms with E-state index < -0.39 is 0 Å². The normalized spacial score (nSPS) is 21.4. The first-order valence-corrected chi connectivity index (χ1v) is 7.81. The Labute approximate surface area is 128 Å². The average Bonchev–Trinajstić information content (AvgIpc) is 2.95. The van der Waals surface area contributed by atoms with Crippen LogP contribution >= 0.6 is 0 Å². The van der Waals surface area contributed by atoms with Gasteiger partial charge in [0.2, 0.25) is 6.79 Å². The van der Waals surface area contributed by atoms with Crippen LogP contribution in [0.15, 0.2) is 27.4 Å². The van der Waals surface area contributed by atoms with E-state index in [1.54, 1.807) is 12.1 Å². The van der Waals surface area contributed by atoms with Gasteiger partial charge < -0.3 is 13.9 Å². The number of ether oxygens (including phenoxy) is 2. The zero-order valence-corrected chi connectivity index (χ0v) is 12.6. The lowest BCUT2D eigenvalue weighted by atomic mass is 10.0. The van der Waals surface area contributed by atoms with Crippen molar-refractivity contribution in [1.82, 2.24) is 4.90 Å². The number of rotatable bonds is 2. The van der Waals surface area contributed by atoms with Crippen molar-refractivity contribution >= 4 is 11.0 Å². The number of hydrogen-bond donors (Lipinski definition) is 0. The van der Waals surface area contributed by atoms with Gasteiger partial charge in [0.1, 0.15) is 5.58 Å². The molecule has 3 heterocycles. The van der Waals surface area contributed by atoms with Gasteiger partial charge in [-0.3, -0.25) is 4.90 Å². The van der Waals surface area contributed by atoms with E-state index in [-0.39, 0.29) is 12.4 Å². The van der Waals surface area contributed by atoms with E-state index in [1.807, 2.05) is 6.07 Å². The van der Waals surface area contributed by atoms with Crippen LogP contribution in [0, 0.1) is 0 Å². The first-order chi connectivity index (χ1) is 10.7. The standard InChI is InChI=1S/C17H19NO4/c1-11-4-2-3-5-18(11)9-12-6-17(19)22-14-8-16-15(7-13(12)14)20-10-21-16/h6-8,11H,2-5,9-10H2,1H3/t11-/m0/s1. The molecule has 0 aliphatic carbocycles. The Bertz CT molecular complexity index is 767. The van der Waals surface area contributed by atoms with Crippen molar-refractivity contribution in [2.45, 2.75) is 38.8 Å². The highest BCUT2D eigenvalue weighted by Gasteiger charge is 2.21. The summed E-state index contributed by atoms with van der Waals surface area (Å²) < 4.78 is 16.1. The second kappa shape index (κ2) is 5.32. The maximum atomic E-state index is 11.9. The van der Waals surface area contributed by atoms with Gasteiger partial charge in [0.15, 0.2) is 11.5 Å². The molecule has 2 aliphatic heterocycles. The Balaban J connectivity index is 1.77. The van der Waals surface area contributed by atoms with Crippen LogP contribution in [-0.2, 0) is 6.54 Å². The van der Waals surface area contributed by atoms with Crippen molar-refractivity contribution in [2.75, 3.05) is 13.3 Å². The highest BCUT2D eigenvalue weighted by atomic mass is 16.7. The number of piperidine rings is 1. The molecule has 2 aliphatic rings. The molecule has 1 saturated heterocycles. The summed E-state index contributed by atoms with van der Waals surface area (Å²) in [7, 11) is 0. The second-order valence-corrected chi connectivity index (χ2v) is 6.11. The Morgan fingerprint density at radius 3 is 2.82 bits per heavy atom. The van der Waals surface area contributed by atoms with Gasteiger partial charge in [-0.25, -0.2) is 4.79 Å². The lowest BCUT2D eigenvalue weighted by Crippen LogP contribution is -2.36. The topological polar surface area (TPSA) is 51.9 Å². The molecular formula is C17H19NO4. The van der Waals surface area contributed by atoms with Crippen LogP contribution in [0.5, 0.6) is 11.5 Å². The van der Waals surface area contributed by atoms with Crippen LogP contribution in [0.3, 0.4) is 0 Å². The minimum atomic E-state index is -0.314. The third-order valence-electron chi connectivity index (χ3n) is 4.64. The number of fused-ring (bicyclic) bond motifs is 2. The minimum absolute atomic E-state index is 0.217. The minimum Gasteiger partial charge on any atom is -0.454 e. The molecule has 2 aromatic rings. The molecule has 1 aromatic carbocycles. The molecule has 0 spiro atoms. The molecule has 4 rings (SSSR count). The molecule has 0 N–H and O–H groups in total. The van der Waals surface area contributed by atoms with Crippen molar-refractivity contribution in [3.05, 3.63) is 34.2 Å². The first kappa shape index (κ1) is 13.6. The first-order valence-electron chi connectivity index (χ1n) is 7.81. The number of benzene rings is 1. The monoisotopic (exact) mass is 301 g/mol. The Hall–Kier alpha value is -2.01. The van der Waals surface area contributed by atoms with Crippen LogP contribution < -0.4 is 15.1 Å². The van der Waals surface area contributed by atoms with Crippen LogP contribution in [0.4, 0.5) is 0 Å². The van der Waals surface area contributed by atoms with E-state index in [0.717, 1.165) is 24.0 Å². The van der Waals surface area contributed by atoms with Gasteiger partial charge in [-0.2, -0.15) is 0 Å². The summed E-state index contributed by atoms with van der Waals surface area (Å²) in [4.78, 5) is 14.3. The molecule has 0 bridgehead atoms. The van der Waals surface area contributed by atoms with E-state index in [0.29, 0.717) is 23.1 Å². The van der Waals surface area contributed by atoms with Gasteiger partial charge in [0.05, 0.1) is 0 Å². The molecule has 0 unspecified atom stereocenters. The fourth-order valence-electron chi connectivity index (χ4n) is 3.36.